The second-order valence-electron chi connectivity index (χ2n) is 4.53. The van der Waals surface area contributed by atoms with Crippen LogP contribution < -0.4 is 0 Å². The molecule has 1 N–H and O–H groups in total. The molecule has 0 unspecified atom stereocenters. The number of nitrogens with zero attached hydrogens (tertiary/aromatic N) is 2. The third-order valence-corrected chi connectivity index (χ3v) is 6.40. The number of benzene rings is 1. The van der Waals surface area contributed by atoms with Crippen LogP contribution in [0.3, 0.4) is 0 Å². The first-order chi connectivity index (χ1) is 9.23. The van der Waals surface area contributed by atoms with E-state index in [2.05, 4.69) is 0 Å². The van der Waals surface area contributed by atoms with Crippen LogP contribution in [0.1, 0.15) is 0 Å². The molecule has 1 aromatic carbocycles. The summed E-state index contributed by atoms with van der Waals surface area (Å²) in [7, 11) is -7.10. The molecule has 0 radical (unpaired) electrons. The zero-order valence-corrected chi connectivity index (χ0v) is 12.6. The molecule has 1 fully saturated rings. The quantitative estimate of drug-likeness (QED) is 0.822. The molecular formula is C11H16N2O5S2. The second kappa shape index (κ2) is 5.32. The smallest absolute Gasteiger partial charge is 0.246 e. The molecule has 1 aromatic rings. The van der Waals surface area contributed by atoms with Gasteiger partial charge in [-0.25, -0.2) is 16.8 Å². The van der Waals surface area contributed by atoms with Crippen molar-refractivity contribution in [2.45, 2.75) is 4.90 Å². The number of sulfonamides is 2. The number of piperazine rings is 1. The molecule has 9 heteroatoms. The number of rotatable bonds is 3. The Labute approximate surface area is 118 Å². The van der Waals surface area contributed by atoms with Crippen LogP contribution in [0.5, 0.6) is 5.75 Å². The monoisotopic (exact) mass is 320 g/mol. The van der Waals surface area contributed by atoms with Gasteiger partial charge in [0.05, 0.1) is 6.26 Å². The lowest BCUT2D eigenvalue weighted by Gasteiger charge is -2.32. The van der Waals surface area contributed by atoms with Crippen molar-refractivity contribution in [3.8, 4) is 5.75 Å². The Morgan fingerprint density at radius 2 is 1.45 bits per heavy atom. The predicted octanol–water partition coefficient (Wildman–Crippen LogP) is -0.342. The topological polar surface area (TPSA) is 95.0 Å². The summed E-state index contributed by atoms with van der Waals surface area (Å²) in [5.41, 5.74) is 0. The van der Waals surface area contributed by atoms with E-state index in [1.165, 1.54) is 32.9 Å². The standard InChI is InChI=1S/C11H16N2O5S2/c1-19(15,16)12-6-8-13(9-7-12)20(17,18)11-5-3-2-4-10(11)14/h2-5,14H,6-9H2,1H3. The molecular weight excluding hydrogens is 304 g/mol. The Hall–Kier alpha value is -1.16. The fraction of sp³-hybridized carbons (Fsp3) is 0.455. The van der Waals surface area contributed by atoms with E-state index >= 15 is 0 Å². The SMILES string of the molecule is CS(=O)(=O)N1CCN(S(=O)(=O)c2ccccc2O)CC1. The van der Waals surface area contributed by atoms with Gasteiger partial charge in [-0.2, -0.15) is 8.61 Å². The van der Waals surface area contributed by atoms with Crippen LogP contribution in [-0.2, 0) is 20.0 Å². The summed E-state index contributed by atoms with van der Waals surface area (Å²) in [6.45, 7) is 0.380. The van der Waals surface area contributed by atoms with E-state index in [0.717, 1.165) is 6.26 Å². The van der Waals surface area contributed by atoms with Crippen molar-refractivity contribution in [1.29, 1.82) is 0 Å². The van der Waals surface area contributed by atoms with Crippen molar-refractivity contribution in [3.05, 3.63) is 24.3 Å². The lowest BCUT2D eigenvalue weighted by atomic mass is 10.3. The maximum absolute atomic E-state index is 12.4. The highest BCUT2D eigenvalue weighted by molar-refractivity contribution is 7.89. The molecule has 0 saturated carbocycles. The largest absolute Gasteiger partial charge is 0.507 e. The van der Waals surface area contributed by atoms with E-state index < -0.39 is 20.0 Å². The van der Waals surface area contributed by atoms with Crippen LogP contribution in [-0.4, -0.2) is 63.0 Å². The number of aromatic hydroxyl groups is 1. The Morgan fingerprint density at radius 1 is 0.950 bits per heavy atom. The van der Waals surface area contributed by atoms with Crippen molar-refractivity contribution in [3.63, 3.8) is 0 Å². The molecule has 0 amide bonds. The summed E-state index contributed by atoms with van der Waals surface area (Å²) >= 11 is 0. The van der Waals surface area contributed by atoms with Crippen molar-refractivity contribution in [1.82, 2.24) is 8.61 Å². The first-order valence-electron chi connectivity index (χ1n) is 5.96. The zero-order valence-electron chi connectivity index (χ0n) is 10.9. The van der Waals surface area contributed by atoms with Crippen LogP contribution >= 0.6 is 0 Å². The van der Waals surface area contributed by atoms with Crippen LogP contribution in [0.4, 0.5) is 0 Å². The van der Waals surface area contributed by atoms with Crippen molar-refractivity contribution in [2.75, 3.05) is 32.4 Å². The van der Waals surface area contributed by atoms with Gasteiger partial charge < -0.3 is 5.11 Å². The molecule has 20 heavy (non-hydrogen) atoms. The van der Waals surface area contributed by atoms with E-state index in [0.29, 0.717) is 0 Å². The predicted molar refractivity (Wildman–Crippen MR) is 73.3 cm³/mol. The summed E-state index contributed by atoms with van der Waals surface area (Å²) in [5, 5.41) is 9.65. The van der Waals surface area contributed by atoms with Crippen molar-refractivity contribution < 1.29 is 21.9 Å². The van der Waals surface area contributed by atoms with Gasteiger partial charge in [0.25, 0.3) is 0 Å². The maximum Gasteiger partial charge on any atom is 0.246 e. The van der Waals surface area contributed by atoms with Gasteiger partial charge in [-0.05, 0) is 12.1 Å². The Morgan fingerprint density at radius 3 is 1.95 bits per heavy atom. The molecule has 7 nitrogen and oxygen atoms in total. The average Bonchev–Trinajstić information content (AvgIpc) is 2.38. The van der Waals surface area contributed by atoms with Gasteiger partial charge in [0.1, 0.15) is 10.6 Å². The van der Waals surface area contributed by atoms with E-state index in [1.54, 1.807) is 0 Å². The first kappa shape index (κ1) is 15.2. The molecule has 0 aromatic heterocycles. The number of hydrogen-bond donors (Lipinski definition) is 1. The first-order valence-corrected chi connectivity index (χ1v) is 9.25. The van der Waals surface area contributed by atoms with Crippen LogP contribution in [0.15, 0.2) is 29.2 Å². The zero-order chi connectivity index (χ0) is 15.0. The molecule has 0 spiro atoms. The van der Waals surface area contributed by atoms with Crippen LogP contribution in [0, 0.1) is 0 Å². The van der Waals surface area contributed by atoms with Gasteiger partial charge in [0, 0.05) is 26.2 Å². The number of phenolic OH excluding ortho intramolecular Hbond substituents is 1. The van der Waals surface area contributed by atoms with Gasteiger partial charge in [-0.1, -0.05) is 12.1 Å². The summed E-state index contributed by atoms with van der Waals surface area (Å²) in [5.74, 6) is -0.307. The fourth-order valence-electron chi connectivity index (χ4n) is 2.06. The summed E-state index contributed by atoms with van der Waals surface area (Å²) in [6.07, 6.45) is 1.10. The molecule has 1 aliphatic rings. The van der Waals surface area contributed by atoms with Gasteiger partial charge in [-0.3, -0.25) is 0 Å². The minimum absolute atomic E-state index is 0.0732. The summed E-state index contributed by atoms with van der Waals surface area (Å²) in [6, 6.07) is 5.70. The Kier molecular flexibility index (Phi) is 4.05. The number of phenols is 1. The normalized spacial score (nSPS) is 19.1. The van der Waals surface area contributed by atoms with Crippen molar-refractivity contribution in [2.24, 2.45) is 0 Å². The molecule has 0 aliphatic carbocycles. The molecule has 1 saturated heterocycles. The third kappa shape index (κ3) is 2.95. The fourth-order valence-corrected chi connectivity index (χ4v) is 4.39. The van der Waals surface area contributed by atoms with Crippen molar-refractivity contribution >= 4 is 20.0 Å². The highest BCUT2D eigenvalue weighted by atomic mass is 32.2. The van der Waals surface area contributed by atoms with E-state index in [-0.39, 0.29) is 36.8 Å². The highest BCUT2D eigenvalue weighted by Gasteiger charge is 2.32. The minimum Gasteiger partial charge on any atom is -0.507 e. The number of para-hydroxylation sites is 1. The Bertz CT molecular complexity index is 691. The summed E-state index contributed by atoms with van der Waals surface area (Å²) < 4.78 is 49.9. The molecule has 1 aliphatic heterocycles. The van der Waals surface area contributed by atoms with Crippen LogP contribution in [0.25, 0.3) is 0 Å². The van der Waals surface area contributed by atoms with Gasteiger partial charge >= 0.3 is 0 Å². The molecule has 2 rings (SSSR count). The van der Waals surface area contributed by atoms with E-state index in [9.17, 15) is 21.9 Å². The lowest BCUT2D eigenvalue weighted by Crippen LogP contribution is -2.50. The van der Waals surface area contributed by atoms with Gasteiger partial charge in [0.2, 0.25) is 20.0 Å². The highest BCUT2D eigenvalue weighted by Crippen LogP contribution is 2.26. The minimum atomic E-state index is -3.80. The lowest BCUT2D eigenvalue weighted by molar-refractivity contribution is 0.273. The molecule has 0 atom stereocenters. The summed E-state index contributed by atoms with van der Waals surface area (Å²) in [4.78, 5) is -0.159. The third-order valence-electron chi connectivity index (χ3n) is 3.15. The molecule has 112 valence electrons. The van der Waals surface area contributed by atoms with E-state index in [1.807, 2.05) is 0 Å². The Balaban J connectivity index is 2.20. The maximum atomic E-state index is 12.4. The average molecular weight is 320 g/mol. The van der Waals surface area contributed by atoms with E-state index in [4.69, 9.17) is 0 Å². The second-order valence-corrected chi connectivity index (χ2v) is 8.42. The van der Waals surface area contributed by atoms with Gasteiger partial charge in [0.15, 0.2) is 0 Å². The van der Waals surface area contributed by atoms with Crippen LogP contribution in [0.2, 0.25) is 0 Å². The number of hydrogen-bond acceptors (Lipinski definition) is 5. The van der Waals surface area contributed by atoms with Gasteiger partial charge in [-0.15, -0.1) is 0 Å². The molecule has 0 bridgehead atoms. The molecule has 1 heterocycles.